The van der Waals surface area contributed by atoms with Gasteiger partial charge in [-0.05, 0) is 43.7 Å². The van der Waals surface area contributed by atoms with Crippen LogP contribution in [0.25, 0.3) is 11.0 Å². The molecule has 0 spiro atoms. The van der Waals surface area contributed by atoms with Gasteiger partial charge < -0.3 is 15.5 Å². The Bertz CT molecular complexity index is 582. The summed E-state index contributed by atoms with van der Waals surface area (Å²) in [7, 11) is 1.67. The van der Waals surface area contributed by atoms with Crippen molar-refractivity contribution < 1.29 is 4.74 Å². The van der Waals surface area contributed by atoms with Crippen LogP contribution in [0.4, 0.5) is 0 Å². The van der Waals surface area contributed by atoms with Crippen molar-refractivity contribution in [1.29, 1.82) is 0 Å². The topological polar surface area (TPSA) is 63.9 Å². The zero-order chi connectivity index (χ0) is 13.5. The minimum Gasteiger partial charge on any atom is -0.497 e. The van der Waals surface area contributed by atoms with Crippen molar-refractivity contribution in [3.05, 3.63) is 24.0 Å². The molecule has 1 aromatic carbocycles. The number of hydrogen-bond acceptors (Lipinski definition) is 3. The Labute approximate surface area is 113 Å². The predicted molar refractivity (Wildman–Crippen MR) is 76.1 cm³/mol. The maximum atomic E-state index is 6.55. The van der Waals surface area contributed by atoms with E-state index in [-0.39, 0.29) is 5.54 Å². The summed E-state index contributed by atoms with van der Waals surface area (Å²) in [6.07, 6.45) is 4.37. The van der Waals surface area contributed by atoms with Gasteiger partial charge in [-0.15, -0.1) is 0 Å². The van der Waals surface area contributed by atoms with Crippen LogP contribution < -0.4 is 10.5 Å². The third kappa shape index (κ3) is 2.21. The molecule has 3 rings (SSSR count). The van der Waals surface area contributed by atoms with Crippen LogP contribution in [-0.2, 0) is 5.54 Å². The quantitative estimate of drug-likeness (QED) is 0.871. The summed E-state index contributed by atoms with van der Waals surface area (Å²) < 4.78 is 5.24. The lowest BCUT2D eigenvalue weighted by Gasteiger charge is -2.34. The SMILES string of the molecule is COc1ccc2nc(C3(N)CCC(C)CC3)[nH]c2c1. The smallest absolute Gasteiger partial charge is 0.127 e. The molecule has 19 heavy (non-hydrogen) atoms. The molecule has 0 atom stereocenters. The van der Waals surface area contributed by atoms with Crippen molar-refractivity contribution in [3.63, 3.8) is 0 Å². The molecule has 0 saturated heterocycles. The van der Waals surface area contributed by atoms with Crippen molar-refractivity contribution >= 4 is 11.0 Å². The lowest BCUT2D eigenvalue weighted by atomic mass is 9.77. The summed E-state index contributed by atoms with van der Waals surface area (Å²) in [6, 6.07) is 5.88. The Morgan fingerprint density at radius 1 is 1.37 bits per heavy atom. The second-order valence-corrected chi connectivity index (χ2v) is 5.81. The molecule has 4 nitrogen and oxygen atoms in total. The number of rotatable bonds is 2. The number of H-pyrrole nitrogens is 1. The van der Waals surface area contributed by atoms with Crippen LogP contribution in [0, 0.1) is 5.92 Å². The highest BCUT2D eigenvalue weighted by molar-refractivity contribution is 5.77. The molecule has 0 radical (unpaired) electrons. The summed E-state index contributed by atoms with van der Waals surface area (Å²) in [5.74, 6) is 2.54. The van der Waals surface area contributed by atoms with Crippen molar-refractivity contribution in [2.24, 2.45) is 11.7 Å². The summed E-state index contributed by atoms with van der Waals surface area (Å²) >= 11 is 0. The molecule has 1 fully saturated rings. The number of ether oxygens (including phenoxy) is 1. The number of imidazole rings is 1. The maximum absolute atomic E-state index is 6.55. The molecule has 1 aliphatic carbocycles. The van der Waals surface area contributed by atoms with Crippen LogP contribution in [0.5, 0.6) is 5.75 Å². The largest absolute Gasteiger partial charge is 0.497 e. The van der Waals surface area contributed by atoms with Crippen LogP contribution in [-0.4, -0.2) is 17.1 Å². The molecule has 2 aromatic rings. The number of methoxy groups -OCH3 is 1. The van der Waals surface area contributed by atoms with E-state index >= 15 is 0 Å². The lowest BCUT2D eigenvalue weighted by molar-refractivity contribution is 0.238. The number of fused-ring (bicyclic) bond motifs is 1. The van der Waals surface area contributed by atoms with Gasteiger partial charge in [0.2, 0.25) is 0 Å². The molecule has 1 aliphatic rings. The van der Waals surface area contributed by atoms with Gasteiger partial charge in [0.25, 0.3) is 0 Å². The van der Waals surface area contributed by atoms with E-state index in [1.807, 2.05) is 18.2 Å². The minimum absolute atomic E-state index is 0.293. The number of nitrogens with zero attached hydrogens (tertiary/aromatic N) is 1. The fourth-order valence-corrected chi connectivity index (χ4v) is 2.87. The van der Waals surface area contributed by atoms with E-state index in [1.165, 1.54) is 12.8 Å². The Balaban J connectivity index is 1.96. The summed E-state index contributed by atoms with van der Waals surface area (Å²) in [5.41, 5.74) is 8.21. The van der Waals surface area contributed by atoms with Crippen molar-refractivity contribution in [2.45, 2.75) is 38.1 Å². The van der Waals surface area contributed by atoms with Gasteiger partial charge in [-0.1, -0.05) is 6.92 Å². The van der Waals surface area contributed by atoms with Crippen LogP contribution in [0.1, 0.15) is 38.4 Å². The Hall–Kier alpha value is -1.55. The highest BCUT2D eigenvalue weighted by Gasteiger charge is 2.34. The van der Waals surface area contributed by atoms with Crippen LogP contribution in [0.15, 0.2) is 18.2 Å². The molecule has 0 aliphatic heterocycles. The van der Waals surface area contributed by atoms with Gasteiger partial charge >= 0.3 is 0 Å². The number of nitrogens with two attached hydrogens (primary N) is 1. The molecular weight excluding hydrogens is 238 g/mol. The first-order valence-corrected chi connectivity index (χ1v) is 6.94. The molecule has 0 amide bonds. The number of aromatic amines is 1. The normalized spacial score (nSPS) is 27.6. The maximum Gasteiger partial charge on any atom is 0.127 e. The number of nitrogens with one attached hydrogen (secondary N) is 1. The second kappa shape index (κ2) is 4.53. The third-order valence-corrected chi connectivity index (χ3v) is 4.33. The van der Waals surface area contributed by atoms with Crippen molar-refractivity contribution in [3.8, 4) is 5.75 Å². The average Bonchev–Trinajstić information content (AvgIpc) is 2.86. The Morgan fingerprint density at radius 2 is 2.11 bits per heavy atom. The highest BCUT2D eigenvalue weighted by Crippen LogP contribution is 2.36. The standard InChI is InChI=1S/C15H21N3O/c1-10-5-7-15(16,8-6-10)14-17-12-4-3-11(19-2)9-13(12)18-14/h3-4,9-10H,5-8,16H2,1-2H3,(H,17,18). The predicted octanol–water partition coefficient (Wildman–Crippen LogP) is 2.94. The third-order valence-electron chi connectivity index (χ3n) is 4.33. The minimum atomic E-state index is -0.293. The van der Waals surface area contributed by atoms with Crippen molar-refractivity contribution in [2.75, 3.05) is 7.11 Å². The molecule has 1 aromatic heterocycles. The number of benzene rings is 1. The summed E-state index contributed by atoms with van der Waals surface area (Å²) in [4.78, 5) is 8.05. The van der Waals surface area contributed by atoms with Crippen LogP contribution in [0.2, 0.25) is 0 Å². The van der Waals surface area contributed by atoms with Gasteiger partial charge in [-0.2, -0.15) is 0 Å². The summed E-state index contributed by atoms with van der Waals surface area (Å²) in [5, 5.41) is 0. The molecule has 4 heteroatoms. The van der Waals surface area contributed by atoms with E-state index in [1.54, 1.807) is 7.11 Å². The molecule has 0 bridgehead atoms. The monoisotopic (exact) mass is 259 g/mol. The first kappa shape index (κ1) is 12.5. The van der Waals surface area contributed by atoms with Crippen LogP contribution in [0.3, 0.4) is 0 Å². The van der Waals surface area contributed by atoms with E-state index in [0.29, 0.717) is 0 Å². The van der Waals surface area contributed by atoms with Gasteiger partial charge in [-0.3, -0.25) is 0 Å². The van der Waals surface area contributed by atoms with Gasteiger partial charge in [0.05, 0.1) is 23.7 Å². The second-order valence-electron chi connectivity index (χ2n) is 5.81. The molecule has 102 valence electrons. The Kier molecular flexibility index (Phi) is 2.97. The van der Waals surface area contributed by atoms with Gasteiger partial charge in [0.1, 0.15) is 11.6 Å². The van der Waals surface area contributed by atoms with E-state index < -0.39 is 0 Å². The van der Waals surface area contributed by atoms with Crippen molar-refractivity contribution in [1.82, 2.24) is 9.97 Å². The van der Waals surface area contributed by atoms with E-state index in [9.17, 15) is 0 Å². The molecule has 1 saturated carbocycles. The zero-order valence-electron chi connectivity index (χ0n) is 11.6. The first-order chi connectivity index (χ1) is 9.10. The van der Waals surface area contributed by atoms with Gasteiger partial charge in [0.15, 0.2) is 0 Å². The number of aromatic nitrogens is 2. The van der Waals surface area contributed by atoms with Gasteiger partial charge in [-0.25, -0.2) is 4.98 Å². The molecule has 0 unspecified atom stereocenters. The Morgan fingerprint density at radius 3 is 2.79 bits per heavy atom. The van der Waals surface area contributed by atoms with Gasteiger partial charge in [0, 0.05) is 6.07 Å². The van der Waals surface area contributed by atoms with E-state index in [0.717, 1.165) is 41.4 Å². The first-order valence-electron chi connectivity index (χ1n) is 6.94. The lowest BCUT2D eigenvalue weighted by Crippen LogP contribution is -2.41. The molecule has 3 N–H and O–H groups in total. The molecule has 1 heterocycles. The van der Waals surface area contributed by atoms with E-state index in [2.05, 4.69) is 16.9 Å². The van der Waals surface area contributed by atoms with Crippen LogP contribution >= 0.6 is 0 Å². The fraction of sp³-hybridized carbons (Fsp3) is 0.533. The zero-order valence-corrected chi connectivity index (χ0v) is 11.6. The molecular formula is C15H21N3O. The summed E-state index contributed by atoms with van der Waals surface area (Å²) in [6.45, 7) is 2.29. The average molecular weight is 259 g/mol. The van der Waals surface area contributed by atoms with E-state index in [4.69, 9.17) is 10.5 Å². The number of hydrogen-bond donors (Lipinski definition) is 2. The highest BCUT2D eigenvalue weighted by atomic mass is 16.5. The fourth-order valence-electron chi connectivity index (χ4n) is 2.87.